The van der Waals surface area contributed by atoms with Crippen LogP contribution < -0.4 is 0 Å². The lowest BCUT2D eigenvalue weighted by molar-refractivity contribution is 0.0959. The van der Waals surface area contributed by atoms with Gasteiger partial charge in [-0.3, -0.25) is 9.59 Å². The number of ketones is 2. The normalized spacial score (nSPS) is 13.4. The van der Waals surface area contributed by atoms with Gasteiger partial charge >= 0.3 is 0 Å². The van der Waals surface area contributed by atoms with Gasteiger partial charge in [0.2, 0.25) is 5.78 Å². The Labute approximate surface area is 136 Å². The van der Waals surface area contributed by atoms with Gasteiger partial charge in [0.05, 0.1) is 5.56 Å². The average molecular weight is 310 g/mol. The molecule has 0 unspecified atom stereocenters. The molecule has 0 saturated carbocycles. The van der Waals surface area contributed by atoms with Crippen LogP contribution in [0, 0.1) is 5.92 Å². The first-order valence-electron chi connectivity index (χ1n) is 8.36. The van der Waals surface area contributed by atoms with Crippen molar-refractivity contribution in [3.05, 3.63) is 58.0 Å². The van der Waals surface area contributed by atoms with E-state index in [4.69, 9.17) is 4.42 Å². The van der Waals surface area contributed by atoms with Crippen molar-refractivity contribution in [3.63, 3.8) is 0 Å². The largest absolute Gasteiger partial charge is 0.457 e. The maximum absolute atomic E-state index is 12.7. The lowest BCUT2D eigenvalue weighted by atomic mass is 9.86. The van der Waals surface area contributed by atoms with Crippen LogP contribution in [0.15, 0.2) is 28.7 Å². The van der Waals surface area contributed by atoms with Gasteiger partial charge < -0.3 is 4.42 Å². The molecule has 3 heteroatoms. The molecule has 23 heavy (non-hydrogen) atoms. The number of aryl methyl sites for hydroxylation is 2. The molecular formula is C20H22O3. The van der Waals surface area contributed by atoms with Crippen molar-refractivity contribution in [2.45, 2.75) is 46.5 Å². The molecule has 2 aromatic rings. The Hall–Kier alpha value is -2.16. The van der Waals surface area contributed by atoms with Crippen LogP contribution in [0.2, 0.25) is 0 Å². The lowest BCUT2D eigenvalue weighted by Crippen LogP contribution is -2.19. The predicted octanol–water partition coefficient (Wildman–Crippen LogP) is 4.60. The quantitative estimate of drug-likeness (QED) is 0.692. The number of benzene rings is 1. The van der Waals surface area contributed by atoms with Gasteiger partial charge in [-0.25, -0.2) is 0 Å². The maximum Gasteiger partial charge on any atom is 0.229 e. The fraction of sp³-hybridized carbons (Fsp3) is 0.400. The van der Waals surface area contributed by atoms with Crippen LogP contribution in [-0.2, 0) is 12.8 Å². The Morgan fingerprint density at radius 1 is 1.00 bits per heavy atom. The lowest BCUT2D eigenvalue weighted by Gasteiger charge is -2.14. The van der Waals surface area contributed by atoms with E-state index in [1.807, 2.05) is 19.1 Å². The van der Waals surface area contributed by atoms with Gasteiger partial charge in [0.15, 0.2) is 11.5 Å². The van der Waals surface area contributed by atoms with Gasteiger partial charge in [0.25, 0.3) is 0 Å². The molecule has 0 amide bonds. The highest BCUT2D eigenvalue weighted by Gasteiger charge is 2.33. The second-order valence-corrected chi connectivity index (χ2v) is 6.63. The summed E-state index contributed by atoms with van der Waals surface area (Å²) in [6, 6.07) is 7.33. The third-order valence-electron chi connectivity index (χ3n) is 4.40. The Morgan fingerprint density at radius 2 is 1.78 bits per heavy atom. The molecule has 1 heterocycles. The third-order valence-corrected chi connectivity index (χ3v) is 4.40. The molecule has 0 atom stereocenters. The molecule has 3 nitrogen and oxygen atoms in total. The molecule has 1 aromatic heterocycles. The number of carbonyl (C=O) groups is 2. The van der Waals surface area contributed by atoms with Crippen LogP contribution in [0.4, 0.5) is 0 Å². The van der Waals surface area contributed by atoms with E-state index in [0.717, 1.165) is 24.8 Å². The van der Waals surface area contributed by atoms with E-state index in [1.54, 1.807) is 12.1 Å². The summed E-state index contributed by atoms with van der Waals surface area (Å²) in [6.07, 6.45) is 3.85. The second kappa shape index (κ2) is 6.15. The molecule has 0 saturated heterocycles. The van der Waals surface area contributed by atoms with Crippen molar-refractivity contribution < 1.29 is 14.0 Å². The molecule has 0 N–H and O–H groups in total. The molecule has 1 aromatic carbocycles. The smallest absolute Gasteiger partial charge is 0.229 e. The monoisotopic (exact) mass is 310 g/mol. The van der Waals surface area contributed by atoms with Gasteiger partial charge in [0, 0.05) is 17.5 Å². The van der Waals surface area contributed by atoms with Gasteiger partial charge in [0.1, 0.15) is 5.76 Å². The van der Waals surface area contributed by atoms with Crippen molar-refractivity contribution >= 4 is 11.6 Å². The molecule has 0 radical (unpaired) electrons. The molecule has 0 spiro atoms. The first kappa shape index (κ1) is 15.7. The zero-order valence-electron chi connectivity index (χ0n) is 13.9. The fourth-order valence-electron chi connectivity index (χ4n) is 3.07. The first-order chi connectivity index (χ1) is 11.0. The van der Waals surface area contributed by atoms with Crippen LogP contribution in [-0.4, -0.2) is 11.6 Å². The summed E-state index contributed by atoms with van der Waals surface area (Å²) < 4.78 is 5.58. The van der Waals surface area contributed by atoms with E-state index in [0.29, 0.717) is 34.8 Å². The number of fused-ring (bicyclic) bond motifs is 2. The summed E-state index contributed by atoms with van der Waals surface area (Å²) in [5, 5.41) is 0. The Kier molecular flexibility index (Phi) is 4.20. The van der Waals surface area contributed by atoms with E-state index in [-0.39, 0.29) is 17.3 Å². The minimum absolute atomic E-state index is 0.105. The van der Waals surface area contributed by atoms with E-state index in [9.17, 15) is 9.59 Å². The Morgan fingerprint density at radius 3 is 2.48 bits per heavy atom. The predicted molar refractivity (Wildman–Crippen MR) is 89.2 cm³/mol. The third kappa shape index (κ3) is 2.88. The molecule has 0 aliphatic heterocycles. The fourth-order valence-corrected chi connectivity index (χ4v) is 3.07. The highest BCUT2D eigenvalue weighted by molar-refractivity contribution is 6.27. The molecular weight excluding hydrogens is 288 g/mol. The summed E-state index contributed by atoms with van der Waals surface area (Å²) in [4.78, 5) is 25.3. The van der Waals surface area contributed by atoms with Crippen molar-refractivity contribution in [1.29, 1.82) is 0 Å². The van der Waals surface area contributed by atoms with E-state index in [1.165, 1.54) is 0 Å². The molecule has 3 rings (SSSR count). The summed E-state index contributed by atoms with van der Waals surface area (Å²) in [5.41, 5.74) is 2.50. The number of hydrogen-bond acceptors (Lipinski definition) is 3. The first-order valence-corrected chi connectivity index (χ1v) is 8.36. The summed E-state index contributed by atoms with van der Waals surface area (Å²) in [7, 11) is 0. The summed E-state index contributed by atoms with van der Waals surface area (Å²) in [5.74, 6) is 1.29. The van der Waals surface area contributed by atoms with Crippen molar-refractivity contribution in [3.8, 4) is 0 Å². The van der Waals surface area contributed by atoms with Crippen LogP contribution in [0.5, 0.6) is 0 Å². The SMILES string of the molecule is CCc1cc2c(o1)C(=O)c1cc(CCCC(C)C)ccc1C2=O. The van der Waals surface area contributed by atoms with E-state index in [2.05, 4.69) is 13.8 Å². The van der Waals surface area contributed by atoms with Crippen LogP contribution in [0.1, 0.15) is 77.0 Å². The number of carbonyl (C=O) groups excluding carboxylic acids is 2. The number of hydrogen-bond donors (Lipinski definition) is 0. The topological polar surface area (TPSA) is 47.3 Å². The number of rotatable bonds is 5. The zero-order chi connectivity index (χ0) is 16.6. The van der Waals surface area contributed by atoms with Gasteiger partial charge in [-0.1, -0.05) is 39.3 Å². The van der Waals surface area contributed by atoms with Crippen LogP contribution >= 0.6 is 0 Å². The molecule has 0 bridgehead atoms. The van der Waals surface area contributed by atoms with Gasteiger partial charge in [-0.15, -0.1) is 0 Å². The van der Waals surface area contributed by atoms with Crippen molar-refractivity contribution in [2.24, 2.45) is 5.92 Å². The highest BCUT2D eigenvalue weighted by atomic mass is 16.3. The van der Waals surface area contributed by atoms with Gasteiger partial charge in [-0.2, -0.15) is 0 Å². The Bertz CT molecular complexity index is 765. The van der Waals surface area contributed by atoms with Gasteiger partial charge in [-0.05, 0) is 36.5 Å². The van der Waals surface area contributed by atoms with Crippen LogP contribution in [0.3, 0.4) is 0 Å². The molecule has 120 valence electrons. The maximum atomic E-state index is 12.7. The molecule has 1 aliphatic carbocycles. The summed E-state index contributed by atoms with van der Waals surface area (Å²) >= 11 is 0. The second-order valence-electron chi connectivity index (χ2n) is 6.63. The zero-order valence-corrected chi connectivity index (χ0v) is 13.9. The molecule has 1 aliphatic rings. The highest BCUT2D eigenvalue weighted by Crippen LogP contribution is 2.30. The standard InChI is InChI=1S/C20H22O3/c1-4-14-11-17-18(21)15-9-8-13(7-5-6-12(2)3)10-16(15)19(22)20(17)23-14/h8-12H,4-7H2,1-3H3. The minimum Gasteiger partial charge on any atom is -0.457 e. The van der Waals surface area contributed by atoms with E-state index < -0.39 is 0 Å². The molecule has 0 fully saturated rings. The number of furan rings is 1. The van der Waals surface area contributed by atoms with E-state index >= 15 is 0 Å². The summed E-state index contributed by atoms with van der Waals surface area (Å²) in [6.45, 7) is 6.36. The van der Waals surface area contributed by atoms with Crippen LogP contribution in [0.25, 0.3) is 0 Å². The Balaban J connectivity index is 1.92. The average Bonchev–Trinajstić information content (AvgIpc) is 2.97. The van der Waals surface area contributed by atoms with Crippen molar-refractivity contribution in [2.75, 3.05) is 0 Å². The minimum atomic E-state index is -0.167. The van der Waals surface area contributed by atoms with Crippen molar-refractivity contribution in [1.82, 2.24) is 0 Å².